The van der Waals surface area contributed by atoms with Gasteiger partial charge in [-0.15, -0.1) is 0 Å². The van der Waals surface area contributed by atoms with Gasteiger partial charge in [-0.2, -0.15) is 0 Å². The van der Waals surface area contributed by atoms with Crippen LogP contribution in [0.25, 0.3) is 0 Å². The molecule has 0 heterocycles. The molecular weight excluding hydrogens is 142 g/mol. The van der Waals surface area contributed by atoms with Gasteiger partial charge in [-0.3, -0.25) is 9.59 Å². The van der Waals surface area contributed by atoms with Crippen molar-refractivity contribution in [2.24, 2.45) is 5.92 Å². The lowest BCUT2D eigenvalue weighted by molar-refractivity contribution is -0.132. The highest BCUT2D eigenvalue weighted by Gasteiger charge is 2.30. The molecule has 0 saturated heterocycles. The molecule has 0 bridgehead atoms. The fourth-order valence-electron chi connectivity index (χ4n) is 1.39. The Kier molecular flexibility index (Phi) is 2.63. The Morgan fingerprint density at radius 3 is 2.91 bits per heavy atom. The summed E-state index contributed by atoms with van der Waals surface area (Å²) in [5, 5.41) is 2.66. The van der Waals surface area contributed by atoms with Crippen molar-refractivity contribution in [3.05, 3.63) is 0 Å². The number of hydrogen-bond donors (Lipinski definition) is 1. The molecular formula is C8H13NO2. The molecule has 1 aliphatic rings. The highest BCUT2D eigenvalue weighted by Crippen LogP contribution is 2.20. The van der Waals surface area contributed by atoms with Crippen molar-refractivity contribution in [2.45, 2.75) is 26.2 Å². The van der Waals surface area contributed by atoms with Crippen LogP contribution < -0.4 is 5.32 Å². The molecule has 62 valence electrons. The van der Waals surface area contributed by atoms with Crippen molar-refractivity contribution in [3.8, 4) is 0 Å². The third kappa shape index (κ3) is 1.79. The van der Waals surface area contributed by atoms with Gasteiger partial charge in [0.25, 0.3) is 0 Å². The summed E-state index contributed by atoms with van der Waals surface area (Å²) in [7, 11) is 0. The molecule has 1 N–H and O–H groups in total. The number of Topliss-reactive ketones (excluding diaryl/α,β-unsaturated/α-hetero) is 1. The van der Waals surface area contributed by atoms with Crippen molar-refractivity contribution in [1.82, 2.24) is 5.32 Å². The molecule has 3 heteroatoms. The van der Waals surface area contributed by atoms with Gasteiger partial charge in [0.05, 0.1) is 5.92 Å². The van der Waals surface area contributed by atoms with E-state index in [1.807, 2.05) is 6.92 Å². The molecule has 1 saturated carbocycles. The lowest BCUT2D eigenvalue weighted by atomic mass is 10.1. The number of amides is 1. The summed E-state index contributed by atoms with van der Waals surface area (Å²) < 4.78 is 0. The van der Waals surface area contributed by atoms with E-state index < -0.39 is 0 Å². The Hall–Kier alpha value is -0.860. The van der Waals surface area contributed by atoms with Gasteiger partial charge >= 0.3 is 0 Å². The van der Waals surface area contributed by atoms with Gasteiger partial charge in [0.1, 0.15) is 5.78 Å². The van der Waals surface area contributed by atoms with Crippen LogP contribution in [-0.4, -0.2) is 18.2 Å². The smallest absolute Gasteiger partial charge is 0.230 e. The molecule has 0 spiro atoms. The first kappa shape index (κ1) is 8.24. The van der Waals surface area contributed by atoms with Crippen LogP contribution in [0.4, 0.5) is 0 Å². The summed E-state index contributed by atoms with van der Waals surface area (Å²) >= 11 is 0. The third-order valence-corrected chi connectivity index (χ3v) is 1.97. The number of hydrogen-bond acceptors (Lipinski definition) is 2. The van der Waals surface area contributed by atoms with Gasteiger partial charge in [0, 0.05) is 13.0 Å². The zero-order chi connectivity index (χ0) is 8.27. The minimum Gasteiger partial charge on any atom is -0.356 e. The van der Waals surface area contributed by atoms with Crippen LogP contribution in [-0.2, 0) is 9.59 Å². The van der Waals surface area contributed by atoms with Crippen molar-refractivity contribution in [2.75, 3.05) is 6.54 Å². The van der Waals surface area contributed by atoms with Gasteiger partial charge in [-0.05, 0) is 19.8 Å². The molecule has 1 aliphatic carbocycles. The van der Waals surface area contributed by atoms with Crippen molar-refractivity contribution in [3.63, 3.8) is 0 Å². The third-order valence-electron chi connectivity index (χ3n) is 1.97. The standard InChI is InChI=1S/C8H13NO2/c1-2-9-8(11)6-4-3-5-7(6)10/h6H,2-5H2,1H3,(H,9,11). The Morgan fingerprint density at radius 1 is 1.73 bits per heavy atom. The van der Waals surface area contributed by atoms with Crippen molar-refractivity contribution in [1.29, 1.82) is 0 Å². The molecule has 11 heavy (non-hydrogen) atoms. The van der Waals surface area contributed by atoms with Gasteiger partial charge < -0.3 is 5.32 Å². The summed E-state index contributed by atoms with van der Waals surface area (Å²) in [6.07, 6.45) is 2.20. The van der Waals surface area contributed by atoms with E-state index in [0.717, 1.165) is 12.8 Å². The molecule has 0 aromatic carbocycles. The predicted octanol–water partition coefficient (Wildman–Crippen LogP) is 0.492. The van der Waals surface area contributed by atoms with Gasteiger partial charge in [-0.25, -0.2) is 0 Å². The first-order valence-corrected chi connectivity index (χ1v) is 4.06. The van der Waals surface area contributed by atoms with E-state index in [0.29, 0.717) is 13.0 Å². The molecule has 1 amide bonds. The zero-order valence-electron chi connectivity index (χ0n) is 6.72. The van der Waals surface area contributed by atoms with E-state index >= 15 is 0 Å². The highest BCUT2D eigenvalue weighted by atomic mass is 16.2. The van der Waals surface area contributed by atoms with E-state index in [1.54, 1.807) is 0 Å². The lowest BCUT2D eigenvalue weighted by Crippen LogP contribution is -2.32. The Balaban J connectivity index is 2.46. The van der Waals surface area contributed by atoms with Gasteiger partial charge in [0.2, 0.25) is 5.91 Å². The van der Waals surface area contributed by atoms with E-state index in [-0.39, 0.29) is 17.6 Å². The van der Waals surface area contributed by atoms with Crippen LogP contribution in [0.3, 0.4) is 0 Å². The van der Waals surface area contributed by atoms with E-state index in [2.05, 4.69) is 5.32 Å². The zero-order valence-corrected chi connectivity index (χ0v) is 6.72. The normalized spacial score (nSPS) is 23.7. The maximum Gasteiger partial charge on any atom is 0.230 e. The quantitative estimate of drug-likeness (QED) is 0.590. The molecule has 3 nitrogen and oxygen atoms in total. The summed E-state index contributed by atoms with van der Waals surface area (Å²) in [4.78, 5) is 22.2. The number of ketones is 1. The van der Waals surface area contributed by atoms with Crippen molar-refractivity contribution >= 4 is 11.7 Å². The minimum absolute atomic E-state index is 0.0880. The van der Waals surface area contributed by atoms with Crippen LogP contribution in [0.5, 0.6) is 0 Å². The average Bonchev–Trinajstić information content (AvgIpc) is 2.36. The number of rotatable bonds is 2. The largest absolute Gasteiger partial charge is 0.356 e. The number of carbonyl (C=O) groups is 2. The monoisotopic (exact) mass is 155 g/mol. The molecule has 1 unspecified atom stereocenters. The van der Waals surface area contributed by atoms with Crippen LogP contribution in [0.15, 0.2) is 0 Å². The van der Waals surface area contributed by atoms with Gasteiger partial charge in [-0.1, -0.05) is 0 Å². The van der Waals surface area contributed by atoms with Crippen LogP contribution in [0.2, 0.25) is 0 Å². The molecule has 1 rings (SSSR count). The van der Waals surface area contributed by atoms with E-state index in [9.17, 15) is 9.59 Å². The molecule has 1 fully saturated rings. The highest BCUT2D eigenvalue weighted by molar-refractivity contribution is 6.02. The van der Waals surface area contributed by atoms with Crippen LogP contribution >= 0.6 is 0 Å². The van der Waals surface area contributed by atoms with Crippen LogP contribution in [0, 0.1) is 5.92 Å². The fourth-order valence-corrected chi connectivity index (χ4v) is 1.39. The summed E-state index contributed by atoms with van der Waals surface area (Å²) in [6.45, 7) is 2.47. The fraction of sp³-hybridized carbons (Fsp3) is 0.750. The second-order valence-corrected chi connectivity index (χ2v) is 2.81. The topological polar surface area (TPSA) is 46.2 Å². The first-order chi connectivity index (χ1) is 5.25. The average molecular weight is 155 g/mol. The van der Waals surface area contributed by atoms with Crippen molar-refractivity contribution < 1.29 is 9.59 Å². The number of nitrogens with one attached hydrogen (secondary N) is 1. The molecule has 0 aliphatic heterocycles. The molecule has 1 atom stereocenters. The number of carbonyl (C=O) groups excluding carboxylic acids is 2. The van der Waals surface area contributed by atoms with E-state index in [4.69, 9.17) is 0 Å². The van der Waals surface area contributed by atoms with E-state index in [1.165, 1.54) is 0 Å². The first-order valence-electron chi connectivity index (χ1n) is 4.06. The Labute approximate surface area is 66.2 Å². The second-order valence-electron chi connectivity index (χ2n) is 2.81. The minimum atomic E-state index is -0.338. The maximum absolute atomic E-state index is 11.1. The molecule has 0 aromatic heterocycles. The lowest BCUT2D eigenvalue weighted by Gasteiger charge is -2.06. The van der Waals surface area contributed by atoms with Crippen LogP contribution in [0.1, 0.15) is 26.2 Å². The summed E-state index contributed by atoms with van der Waals surface area (Å²) in [6, 6.07) is 0. The summed E-state index contributed by atoms with van der Waals surface area (Å²) in [5.74, 6) is -0.319. The Morgan fingerprint density at radius 2 is 2.45 bits per heavy atom. The molecule has 0 radical (unpaired) electrons. The Bertz CT molecular complexity index is 177. The SMILES string of the molecule is CCNC(=O)C1CCCC1=O. The maximum atomic E-state index is 11.1. The summed E-state index contributed by atoms with van der Waals surface area (Å²) in [5.41, 5.74) is 0. The molecule has 0 aromatic rings. The van der Waals surface area contributed by atoms with Gasteiger partial charge in [0.15, 0.2) is 0 Å². The second kappa shape index (κ2) is 3.51. The predicted molar refractivity (Wildman–Crippen MR) is 41.0 cm³/mol.